The SMILES string of the molecule is S.c1ccsc1.c1ccsc1. The molecule has 0 atom stereocenters. The van der Waals surface area contributed by atoms with Gasteiger partial charge in [0.1, 0.15) is 0 Å². The van der Waals surface area contributed by atoms with Crippen molar-refractivity contribution in [3.8, 4) is 0 Å². The molecule has 2 aromatic heterocycles. The van der Waals surface area contributed by atoms with Crippen LogP contribution >= 0.6 is 36.2 Å². The fourth-order valence-corrected chi connectivity index (χ4v) is 1.36. The zero-order valence-electron chi connectivity index (χ0n) is 5.94. The molecule has 0 radical (unpaired) electrons. The molecule has 2 aromatic rings. The molecule has 0 aromatic carbocycles. The molecule has 0 spiro atoms. The average Bonchev–Trinajstić information content (AvgIpc) is 2.67. The molecule has 0 unspecified atom stereocenters. The topological polar surface area (TPSA) is 0 Å². The van der Waals surface area contributed by atoms with Gasteiger partial charge in [0.2, 0.25) is 0 Å². The quantitative estimate of drug-likeness (QED) is 0.612. The van der Waals surface area contributed by atoms with Gasteiger partial charge in [-0.25, -0.2) is 0 Å². The van der Waals surface area contributed by atoms with Crippen molar-refractivity contribution in [3.63, 3.8) is 0 Å². The van der Waals surface area contributed by atoms with Crippen molar-refractivity contribution in [1.82, 2.24) is 0 Å². The first-order valence-electron chi connectivity index (χ1n) is 2.94. The highest BCUT2D eigenvalue weighted by Crippen LogP contribution is 1.92. The highest BCUT2D eigenvalue weighted by Gasteiger charge is 1.59. The van der Waals surface area contributed by atoms with Crippen LogP contribution in [0.2, 0.25) is 0 Å². The smallest absolute Gasteiger partial charge is 0.00934 e. The minimum Gasteiger partial charge on any atom is -0.197 e. The number of hydrogen-bond acceptors (Lipinski definition) is 2. The van der Waals surface area contributed by atoms with E-state index in [0.717, 1.165) is 0 Å². The summed E-state index contributed by atoms with van der Waals surface area (Å²) in [6, 6.07) is 8.07. The summed E-state index contributed by atoms with van der Waals surface area (Å²) in [7, 11) is 0. The standard InChI is InChI=1S/2C4H4S.H2S/c2*1-2-4-5-3-1;/h2*1-4H;1H2. The Morgan fingerprint density at radius 1 is 0.545 bits per heavy atom. The first-order valence-corrected chi connectivity index (χ1v) is 4.83. The van der Waals surface area contributed by atoms with Crippen LogP contribution in [0.25, 0.3) is 0 Å². The van der Waals surface area contributed by atoms with E-state index in [9.17, 15) is 0 Å². The van der Waals surface area contributed by atoms with E-state index < -0.39 is 0 Å². The second kappa shape index (κ2) is 7.85. The molecule has 0 N–H and O–H groups in total. The molecule has 0 fully saturated rings. The Morgan fingerprint density at radius 3 is 0.909 bits per heavy atom. The zero-order valence-corrected chi connectivity index (χ0v) is 8.57. The summed E-state index contributed by atoms with van der Waals surface area (Å²) in [6.45, 7) is 0. The van der Waals surface area contributed by atoms with E-state index in [4.69, 9.17) is 0 Å². The maximum atomic E-state index is 2.04. The third-order valence-corrected chi connectivity index (χ3v) is 2.11. The summed E-state index contributed by atoms with van der Waals surface area (Å²) in [4.78, 5) is 0. The van der Waals surface area contributed by atoms with Crippen molar-refractivity contribution >= 4 is 36.2 Å². The van der Waals surface area contributed by atoms with Crippen LogP contribution in [0.3, 0.4) is 0 Å². The largest absolute Gasteiger partial charge is 0.197 e. The van der Waals surface area contributed by atoms with Gasteiger partial charge in [-0.1, -0.05) is 24.3 Å². The molecule has 0 aliphatic heterocycles. The summed E-state index contributed by atoms with van der Waals surface area (Å²) >= 11 is 3.43. The summed E-state index contributed by atoms with van der Waals surface area (Å²) in [5, 5.41) is 8.17. The van der Waals surface area contributed by atoms with Gasteiger partial charge in [-0.05, 0) is 21.5 Å². The molecule has 0 nitrogen and oxygen atoms in total. The molecule has 60 valence electrons. The highest BCUT2D eigenvalue weighted by atomic mass is 32.1. The van der Waals surface area contributed by atoms with Crippen LogP contribution in [-0.2, 0) is 0 Å². The molecule has 0 saturated heterocycles. The number of thiophene rings is 2. The minimum atomic E-state index is 0. The van der Waals surface area contributed by atoms with Crippen LogP contribution in [-0.4, -0.2) is 0 Å². The van der Waals surface area contributed by atoms with E-state index >= 15 is 0 Å². The van der Waals surface area contributed by atoms with E-state index in [-0.39, 0.29) is 13.5 Å². The van der Waals surface area contributed by atoms with Crippen molar-refractivity contribution in [1.29, 1.82) is 0 Å². The molecule has 3 heteroatoms. The second-order valence-electron chi connectivity index (χ2n) is 1.59. The van der Waals surface area contributed by atoms with Crippen LogP contribution in [0.5, 0.6) is 0 Å². The zero-order chi connectivity index (χ0) is 7.07. The molecular weight excluding hydrogens is 192 g/mol. The van der Waals surface area contributed by atoms with Crippen LogP contribution in [0.1, 0.15) is 0 Å². The Hall–Kier alpha value is -0.250. The van der Waals surface area contributed by atoms with Crippen molar-refractivity contribution in [2.75, 3.05) is 0 Å². The van der Waals surface area contributed by atoms with Crippen molar-refractivity contribution in [3.05, 3.63) is 45.8 Å². The highest BCUT2D eigenvalue weighted by molar-refractivity contribution is 7.59. The van der Waals surface area contributed by atoms with Crippen molar-refractivity contribution in [2.45, 2.75) is 0 Å². The van der Waals surface area contributed by atoms with Crippen molar-refractivity contribution < 1.29 is 0 Å². The Labute approximate surface area is 82.0 Å². The summed E-state index contributed by atoms with van der Waals surface area (Å²) in [5.74, 6) is 0. The molecule has 2 heterocycles. The van der Waals surface area contributed by atoms with E-state index in [1.807, 2.05) is 45.8 Å². The second-order valence-corrected chi connectivity index (χ2v) is 3.22. The van der Waals surface area contributed by atoms with Crippen LogP contribution in [0.4, 0.5) is 0 Å². The molecule has 0 aliphatic carbocycles. The van der Waals surface area contributed by atoms with E-state index in [1.54, 1.807) is 22.7 Å². The number of rotatable bonds is 0. The van der Waals surface area contributed by atoms with Gasteiger partial charge in [-0.3, -0.25) is 0 Å². The van der Waals surface area contributed by atoms with Crippen LogP contribution in [0, 0.1) is 0 Å². The third-order valence-electron chi connectivity index (χ3n) is 0.851. The first kappa shape index (κ1) is 10.8. The van der Waals surface area contributed by atoms with Crippen LogP contribution in [0.15, 0.2) is 45.8 Å². The molecular formula is C8H10S3. The summed E-state index contributed by atoms with van der Waals surface area (Å²) < 4.78 is 0. The maximum Gasteiger partial charge on any atom is -0.00934 e. The lowest BCUT2D eigenvalue weighted by Gasteiger charge is -1.39. The predicted molar refractivity (Wildman–Crippen MR) is 59.0 cm³/mol. The lowest BCUT2D eigenvalue weighted by atomic mass is 10.7. The Kier molecular flexibility index (Phi) is 7.67. The Balaban J connectivity index is 0.000000167. The maximum absolute atomic E-state index is 2.04. The van der Waals surface area contributed by atoms with E-state index in [2.05, 4.69) is 0 Å². The van der Waals surface area contributed by atoms with Gasteiger partial charge in [0.25, 0.3) is 0 Å². The van der Waals surface area contributed by atoms with Crippen molar-refractivity contribution in [2.24, 2.45) is 0 Å². The fourth-order valence-electron chi connectivity index (χ4n) is 0.454. The lowest BCUT2D eigenvalue weighted by molar-refractivity contribution is 2.03. The molecule has 0 bridgehead atoms. The number of hydrogen-bond donors (Lipinski definition) is 0. The Morgan fingerprint density at radius 2 is 0.818 bits per heavy atom. The van der Waals surface area contributed by atoms with Gasteiger partial charge in [0.05, 0.1) is 0 Å². The molecule has 2 rings (SSSR count). The lowest BCUT2D eigenvalue weighted by Crippen LogP contribution is -1.16. The van der Waals surface area contributed by atoms with Gasteiger partial charge in [0, 0.05) is 0 Å². The summed E-state index contributed by atoms with van der Waals surface area (Å²) in [5.41, 5.74) is 0. The first-order chi connectivity index (χ1) is 5.00. The third kappa shape index (κ3) is 6.16. The Bertz CT molecular complexity index is 149. The minimum absolute atomic E-state index is 0. The predicted octanol–water partition coefficient (Wildman–Crippen LogP) is 3.61. The monoisotopic (exact) mass is 202 g/mol. The van der Waals surface area contributed by atoms with Gasteiger partial charge < -0.3 is 0 Å². The molecule has 0 amide bonds. The fraction of sp³-hybridized carbons (Fsp3) is 0. The van der Waals surface area contributed by atoms with Gasteiger partial charge in [0.15, 0.2) is 0 Å². The van der Waals surface area contributed by atoms with Crippen LogP contribution < -0.4 is 0 Å². The summed E-state index contributed by atoms with van der Waals surface area (Å²) in [6.07, 6.45) is 0. The van der Waals surface area contributed by atoms with Gasteiger partial charge in [-0.2, -0.15) is 36.2 Å². The van der Waals surface area contributed by atoms with Gasteiger partial charge >= 0.3 is 0 Å². The van der Waals surface area contributed by atoms with Gasteiger partial charge in [-0.15, -0.1) is 0 Å². The normalized spacial score (nSPS) is 7.27. The van der Waals surface area contributed by atoms with E-state index in [0.29, 0.717) is 0 Å². The molecule has 0 aliphatic rings. The molecule has 11 heavy (non-hydrogen) atoms. The van der Waals surface area contributed by atoms with E-state index in [1.165, 1.54) is 0 Å². The molecule has 0 saturated carbocycles. The average molecular weight is 202 g/mol.